The van der Waals surface area contributed by atoms with Crippen LogP contribution in [-0.4, -0.2) is 17.1 Å². The maximum Gasteiger partial charge on any atom is 0.213 e. The predicted molar refractivity (Wildman–Crippen MR) is 84.6 cm³/mol. The molecule has 0 aliphatic heterocycles. The van der Waals surface area contributed by atoms with Crippen molar-refractivity contribution in [1.82, 2.24) is 9.97 Å². The molecule has 0 bridgehead atoms. The highest BCUT2D eigenvalue weighted by Gasteiger charge is 2.04. The van der Waals surface area contributed by atoms with Gasteiger partial charge in [-0.25, -0.2) is 4.98 Å². The summed E-state index contributed by atoms with van der Waals surface area (Å²) in [5, 5.41) is 4.60. The van der Waals surface area contributed by atoms with E-state index in [9.17, 15) is 0 Å². The van der Waals surface area contributed by atoms with Crippen LogP contribution in [0.2, 0.25) is 0 Å². The molecule has 0 aliphatic rings. The molecule has 106 valence electrons. The Labute approximate surface area is 123 Å². The second kappa shape index (κ2) is 5.79. The highest BCUT2D eigenvalue weighted by atomic mass is 16.5. The molecule has 21 heavy (non-hydrogen) atoms. The predicted octanol–water partition coefficient (Wildman–Crippen LogP) is 3.56. The normalized spacial score (nSPS) is 10.6. The molecular weight excluding hydrogens is 262 g/mol. The summed E-state index contributed by atoms with van der Waals surface area (Å²) >= 11 is 0. The van der Waals surface area contributed by atoms with Crippen molar-refractivity contribution in [3.05, 3.63) is 59.9 Å². The second-order valence-corrected chi connectivity index (χ2v) is 4.89. The standard InChI is InChI=1S/C17H17N3O/c1-12-9-16(14-5-3-4-6-15(14)20-12)19-11-13-7-8-18-17(10-13)21-2/h3-10H,11H2,1-2H3,(H,19,20). The third-order valence-electron chi connectivity index (χ3n) is 3.34. The van der Waals surface area contributed by atoms with E-state index in [1.807, 2.05) is 37.3 Å². The second-order valence-electron chi connectivity index (χ2n) is 4.89. The summed E-state index contributed by atoms with van der Waals surface area (Å²) in [6.45, 7) is 2.72. The third-order valence-corrected chi connectivity index (χ3v) is 3.34. The summed E-state index contributed by atoms with van der Waals surface area (Å²) in [5.74, 6) is 0.630. The number of ether oxygens (including phenoxy) is 1. The van der Waals surface area contributed by atoms with E-state index < -0.39 is 0 Å². The Balaban J connectivity index is 1.87. The quantitative estimate of drug-likeness (QED) is 0.793. The molecule has 3 rings (SSSR count). The molecule has 2 heterocycles. The van der Waals surface area contributed by atoms with Crippen molar-refractivity contribution >= 4 is 16.6 Å². The molecular formula is C17H17N3O. The minimum absolute atomic E-state index is 0.630. The molecule has 3 aromatic rings. The molecule has 0 spiro atoms. The summed E-state index contributed by atoms with van der Waals surface area (Å²) in [5.41, 5.74) is 4.23. The summed E-state index contributed by atoms with van der Waals surface area (Å²) < 4.78 is 5.15. The van der Waals surface area contributed by atoms with E-state index in [4.69, 9.17) is 4.74 Å². The largest absolute Gasteiger partial charge is 0.481 e. The van der Waals surface area contributed by atoms with Gasteiger partial charge in [-0.2, -0.15) is 0 Å². The Bertz CT molecular complexity index is 771. The van der Waals surface area contributed by atoms with Crippen LogP contribution in [0.1, 0.15) is 11.3 Å². The summed E-state index contributed by atoms with van der Waals surface area (Å²) in [6.07, 6.45) is 1.76. The molecule has 0 fully saturated rings. The smallest absolute Gasteiger partial charge is 0.213 e. The van der Waals surface area contributed by atoms with E-state index in [0.717, 1.165) is 27.8 Å². The zero-order valence-corrected chi connectivity index (χ0v) is 12.1. The number of aryl methyl sites for hydroxylation is 1. The van der Waals surface area contributed by atoms with Crippen LogP contribution in [0.25, 0.3) is 10.9 Å². The van der Waals surface area contributed by atoms with Crippen molar-refractivity contribution in [1.29, 1.82) is 0 Å². The number of hydrogen-bond donors (Lipinski definition) is 1. The van der Waals surface area contributed by atoms with E-state index in [2.05, 4.69) is 27.4 Å². The maximum absolute atomic E-state index is 5.15. The average Bonchev–Trinajstić information content (AvgIpc) is 2.52. The molecule has 0 unspecified atom stereocenters. The molecule has 2 aromatic heterocycles. The van der Waals surface area contributed by atoms with Crippen LogP contribution < -0.4 is 10.1 Å². The van der Waals surface area contributed by atoms with Gasteiger partial charge in [0.1, 0.15) is 0 Å². The molecule has 4 heteroatoms. The number of methoxy groups -OCH3 is 1. The Hall–Kier alpha value is -2.62. The number of benzene rings is 1. The number of aromatic nitrogens is 2. The van der Waals surface area contributed by atoms with E-state index >= 15 is 0 Å². The van der Waals surface area contributed by atoms with Gasteiger partial charge in [-0.15, -0.1) is 0 Å². The molecule has 0 aliphatic carbocycles. The van der Waals surface area contributed by atoms with Crippen molar-refractivity contribution in [2.75, 3.05) is 12.4 Å². The number of para-hydroxylation sites is 1. The fraction of sp³-hybridized carbons (Fsp3) is 0.176. The number of hydrogen-bond acceptors (Lipinski definition) is 4. The number of nitrogens with one attached hydrogen (secondary N) is 1. The number of nitrogens with zero attached hydrogens (tertiary/aromatic N) is 2. The lowest BCUT2D eigenvalue weighted by Gasteiger charge is -2.11. The topological polar surface area (TPSA) is 47.0 Å². The van der Waals surface area contributed by atoms with Crippen LogP contribution in [0.5, 0.6) is 5.88 Å². The number of fused-ring (bicyclic) bond motifs is 1. The van der Waals surface area contributed by atoms with Gasteiger partial charge >= 0.3 is 0 Å². The van der Waals surface area contributed by atoms with Crippen molar-refractivity contribution in [2.24, 2.45) is 0 Å². The molecule has 0 radical (unpaired) electrons. The molecule has 0 amide bonds. The van der Waals surface area contributed by atoms with E-state index in [-0.39, 0.29) is 0 Å². The lowest BCUT2D eigenvalue weighted by atomic mass is 10.1. The molecule has 0 atom stereocenters. The van der Waals surface area contributed by atoms with Gasteiger partial charge in [0.25, 0.3) is 0 Å². The zero-order chi connectivity index (χ0) is 14.7. The Kier molecular flexibility index (Phi) is 3.69. The van der Waals surface area contributed by atoms with Crippen molar-refractivity contribution < 1.29 is 4.74 Å². The highest BCUT2D eigenvalue weighted by Crippen LogP contribution is 2.23. The first-order chi connectivity index (χ1) is 10.3. The van der Waals surface area contributed by atoms with E-state index in [1.165, 1.54) is 0 Å². The minimum Gasteiger partial charge on any atom is -0.481 e. The average molecular weight is 279 g/mol. The van der Waals surface area contributed by atoms with Crippen LogP contribution in [-0.2, 0) is 6.54 Å². The van der Waals surface area contributed by atoms with Crippen LogP contribution in [0.4, 0.5) is 5.69 Å². The summed E-state index contributed by atoms with van der Waals surface area (Å²) in [6, 6.07) is 14.1. The van der Waals surface area contributed by atoms with E-state index in [0.29, 0.717) is 12.4 Å². The number of anilines is 1. The molecule has 1 aromatic carbocycles. The fourth-order valence-corrected chi connectivity index (χ4v) is 2.32. The molecule has 0 saturated carbocycles. The van der Waals surface area contributed by atoms with Gasteiger partial charge in [-0.1, -0.05) is 18.2 Å². The van der Waals surface area contributed by atoms with Gasteiger partial charge in [-0.05, 0) is 30.7 Å². The molecule has 1 N–H and O–H groups in total. The molecule has 0 saturated heterocycles. The van der Waals surface area contributed by atoms with Gasteiger partial charge in [-0.3, -0.25) is 4.98 Å². The number of pyridine rings is 2. The first-order valence-electron chi connectivity index (χ1n) is 6.85. The maximum atomic E-state index is 5.15. The molecule has 4 nitrogen and oxygen atoms in total. The summed E-state index contributed by atoms with van der Waals surface area (Å²) in [4.78, 5) is 8.67. The Morgan fingerprint density at radius 2 is 2.00 bits per heavy atom. The monoisotopic (exact) mass is 279 g/mol. The van der Waals surface area contributed by atoms with Crippen molar-refractivity contribution in [3.8, 4) is 5.88 Å². The van der Waals surface area contributed by atoms with Crippen LogP contribution >= 0.6 is 0 Å². The van der Waals surface area contributed by atoms with Crippen LogP contribution in [0.15, 0.2) is 48.7 Å². The van der Waals surface area contributed by atoms with Gasteiger partial charge in [0.05, 0.1) is 12.6 Å². The number of rotatable bonds is 4. The fourth-order valence-electron chi connectivity index (χ4n) is 2.32. The third kappa shape index (κ3) is 2.94. The van der Waals surface area contributed by atoms with Gasteiger partial charge < -0.3 is 10.1 Å². The van der Waals surface area contributed by atoms with Gasteiger partial charge in [0.2, 0.25) is 5.88 Å². The van der Waals surface area contributed by atoms with Crippen LogP contribution in [0.3, 0.4) is 0 Å². The van der Waals surface area contributed by atoms with Gasteiger partial charge in [0.15, 0.2) is 0 Å². The van der Waals surface area contributed by atoms with Gasteiger partial charge in [0, 0.05) is 35.6 Å². The minimum atomic E-state index is 0.630. The first-order valence-corrected chi connectivity index (χ1v) is 6.85. The summed E-state index contributed by atoms with van der Waals surface area (Å²) in [7, 11) is 1.62. The lowest BCUT2D eigenvalue weighted by Crippen LogP contribution is -2.02. The highest BCUT2D eigenvalue weighted by molar-refractivity contribution is 5.91. The van der Waals surface area contributed by atoms with Crippen molar-refractivity contribution in [2.45, 2.75) is 13.5 Å². The van der Waals surface area contributed by atoms with Crippen LogP contribution in [0, 0.1) is 6.92 Å². The van der Waals surface area contributed by atoms with E-state index in [1.54, 1.807) is 13.3 Å². The first kappa shape index (κ1) is 13.4. The SMILES string of the molecule is COc1cc(CNc2cc(C)nc3ccccc23)ccn1. The Morgan fingerprint density at radius 3 is 2.86 bits per heavy atom. The van der Waals surface area contributed by atoms with Crippen molar-refractivity contribution in [3.63, 3.8) is 0 Å². The lowest BCUT2D eigenvalue weighted by molar-refractivity contribution is 0.397. The Morgan fingerprint density at radius 1 is 1.14 bits per heavy atom. The zero-order valence-electron chi connectivity index (χ0n) is 12.1.